The van der Waals surface area contributed by atoms with E-state index in [0.29, 0.717) is 10.7 Å². The van der Waals surface area contributed by atoms with Gasteiger partial charge in [0.1, 0.15) is 5.69 Å². The molecule has 0 saturated carbocycles. The fourth-order valence-corrected chi connectivity index (χ4v) is 2.77. The van der Waals surface area contributed by atoms with E-state index in [9.17, 15) is 4.79 Å². The second-order valence-corrected chi connectivity index (χ2v) is 5.11. The van der Waals surface area contributed by atoms with Gasteiger partial charge in [-0.3, -0.25) is 4.79 Å². The van der Waals surface area contributed by atoms with Gasteiger partial charge in [0.05, 0.1) is 0 Å². The van der Waals surface area contributed by atoms with Crippen molar-refractivity contribution in [3.8, 4) is 11.1 Å². The van der Waals surface area contributed by atoms with Gasteiger partial charge in [-0.15, -0.1) is 0 Å². The molecule has 0 aliphatic heterocycles. The summed E-state index contributed by atoms with van der Waals surface area (Å²) >= 11 is 6.09. The molecule has 1 amide bonds. The van der Waals surface area contributed by atoms with E-state index in [4.69, 9.17) is 17.3 Å². The predicted octanol–water partition coefficient (Wildman–Crippen LogP) is 3.60. The average molecular weight is 285 g/mol. The molecule has 0 fully saturated rings. The molecule has 0 radical (unpaired) electrons. The number of aryl methyl sites for hydroxylation is 1. The molecule has 100 valence electrons. The Labute approximate surface area is 121 Å². The van der Waals surface area contributed by atoms with E-state index in [1.54, 1.807) is 0 Å². The maximum atomic E-state index is 11.8. The van der Waals surface area contributed by atoms with E-state index >= 15 is 0 Å². The van der Waals surface area contributed by atoms with Gasteiger partial charge in [-0.2, -0.15) is 0 Å². The van der Waals surface area contributed by atoms with Crippen LogP contribution in [0.25, 0.3) is 22.0 Å². The van der Waals surface area contributed by atoms with Crippen molar-refractivity contribution in [1.82, 2.24) is 4.57 Å². The number of aromatic nitrogens is 1. The minimum Gasteiger partial charge on any atom is -0.364 e. The molecule has 4 heteroatoms. The molecule has 0 atom stereocenters. The molecule has 0 unspecified atom stereocenters. The lowest BCUT2D eigenvalue weighted by Crippen LogP contribution is -2.16. The molecule has 0 aliphatic rings. The number of nitrogens with zero attached hydrogens (tertiary/aromatic N) is 1. The summed E-state index contributed by atoms with van der Waals surface area (Å²) in [5.74, 6) is -0.446. The topological polar surface area (TPSA) is 48.0 Å². The highest BCUT2D eigenvalue weighted by Gasteiger charge is 2.20. The number of carbonyl (C=O) groups excluding carboxylic acids is 1. The quantitative estimate of drug-likeness (QED) is 0.768. The zero-order valence-corrected chi connectivity index (χ0v) is 11.7. The number of fused-ring (bicyclic) bond motifs is 1. The molecule has 0 spiro atoms. The average Bonchev–Trinajstić information content (AvgIpc) is 2.72. The van der Waals surface area contributed by atoms with Crippen molar-refractivity contribution in [2.75, 3.05) is 0 Å². The second-order valence-electron chi connectivity index (χ2n) is 4.67. The number of amides is 1. The van der Waals surface area contributed by atoms with E-state index in [1.807, 2.05) is 60.1 Å². The first kappa shape index (κ1) is 12.8. The van der Waals surface area contributed by atoms with E-state index in [2.05, 4.69) is 0 Å². The van der Waals surface area contributed by atoms with Crippen molar-refractivity contribution in [3.05, 3.63) is 59.2 Å². The molecule has 3 aromatic rings. The summed E-state index contributed by atoms with van der Waals surface area (Å²) in [4.78, 5) is 11.8. The lowest BCUT2D eigenvalue weighted by atomic mass is 10.0. The van der Waals surface area contributed by atoms with Crippen molar-refractivity contribution < 1.29 is 4.79 Å². The van der Waals surface area contributed by atoms with Crippen molar-refractivity contribution in [2.24, 2.45) is 12.8 Å². The lowest BCUT2D eigenvalue weighted by Gasteiger charge is -2.04. The minimum absolute atomic E-state index is 0.446. The fraction of sp³-hybridized carbons (Fsp3) is 0.0625. The Kier molecular flexibility index (Phi) is 2.99. The number of hydrogen-bond acceptors (Lipinski definition) is 1. The highest BCUT2D eigenvalue weighted by molar-refractivity contribution is 6.31. The Morgan fingerprint density at radius 1 is 1.15 bits per heavy atom. The lowest BCUT2D eigenvalue weighted by molar-refractivity contribution is 0.0993. The molecule has 1 aromatic heterocycles. The molecule has 0 aliphatic carbocycles. The van der Waals surface area contributed by atoms with Crippen LogP contribution in [0.5, 0.6) is 0 Å². The van der Waals surface area contributed by atoms with Gasteiger partial charge in [0.15, 0.2) is 0 Å². The predicted molar refractivity (Wildman–Crippen MR) is 81.9 cm³/mol. The number of carbonyl (C=O) groups is 1. The normalized spacial score (nSPS) is 10.9. The maximum absolute atomic E-state index is 11.8. The van der Waals surface area contributed by atoms with Crippen LogP contribution in [0, 0.1) is 0 Å². The Morgan fingerprint density at radius 2 is 1.85 bits per heavy atom. The van der Waals surface area contributed by atoms with Gasteiger partial charge in [-0.25, -0.2) is 0 Å². The summed E-state index contributed by atoms with van der Waals surface area (Å²) in [6.45, 7) is 0. The van der Waals surface area contributed by atoms with Crippen molar-refractivity contribution in [3.63, 3.8) is 0 Å². The maximum Gasteiger partial charge on any atom is 0.266 e. The monoisotopic (exact) mass is 284 g/mol. The Balaban J connectivity index is 2.47. The molecule has 3 nitrogen and oxygen atoms in total. The third-order valence-corrected chi connectivity index (χ3v) is 3.69. The van der Waals surface area contributed by atoms with E-state index in [1.165, 1.54) is 0 Å². The summed E-state index contributed by atoms with van der Waals surface area (Å²) in [6, 6.07) is 15.3. The van der Waals surface area contributed by atoms with E-state index in [0.717, 1.165) is 22.0 Å². The SMILES string of the molecule is Cn1c(C(N)=O)c(-c2ccccc2)c2cc(Cl)ccc21. The summed E-state index contributed by atoms with van der Waals surface area (Å²) in [5.41, 5.74) is 8.77. The Bertz CT molecular complexity index is 806. The first-order valence-electron chi connectivity index (χ1n) is 6.22. The summed E-state index contributed by atoms with van der Waals surface area (Å²) in [5, 5.41) is 1.57. The van der Waals surface area contributed by atoms with Crippen LogP contribution in [-0.2, 0) is 7.05 Å². The largest absolute Gasteiger partial charge is 0.364 e. The molecule has 3 rings (SSSR count). The van der Waals surface area contributed by atoms with Crippen molar-refractivity contribution >= 4 is 28.4 Å². The van der Waals surface area contributed by atoms with Gasteiger partial charge in [0, 0.05) is 28.5 Å². The molecule has 0 bridgehead atoms. The van der Waals surface area contributed by atoms with Gasteiger partial charge in [-0.1, -0.05) is 41.9 Å². The molecule has 20 heavy (non-hydrogen) atoms. The smallest absolute Gasteiger partial charge is 0.266 e. The number of hydrogen-bond donors (Lipinski definition) is 1. The molecule has 0 saturated heterocycles. The number of primary amides is 1. The van der Waals surface area contributed by atoms with E-state index in [-0.39, 0.29) is 0 Å². The first-order chi connectivity index (χ1) is 9.59. The number of halogens is 1. The zero-order valence-electron chi connectivity index (χ0n) is 10.9. The fourth-order valence-electron chi connectivity index (χ4n) is 2.60. The van der Waals surface area contributed by atoms with Crippen LogP contribution in [0.2, 0.25) is 5.02 Å². The third kappa shape index (κ3) is 1.87. The first-order valence-corrected chi connectivity index (χ1v) is 6.60. The van der Waals surface area contributed by atoms with Gasteiger partial charge in [0.2, 0.25) is 0 Å². The number of benzene rings is 2. The van der Waals surface area contributed by atoms with Gasteiger partial charge < -0.3 is 10.3 Å². The van der Waals surface area contributed by atoms with Crippen LogP contribution >= 0.6 is 11.6 Å². The molecule has 2 N–H and O–H groups in total. The van der Waals surface area contributed by atoms with Crippen LogP contribution < -0.4 is 5.73 Å². The summed E-state index contributed by atoms with van der Waals surface area (Å²) in [7, 11) is 1.84. The van der Waals surface area contributed by atoms with Gasteiger partial charge >= 0.3 is 0 Å². The molecule has 2 aromatic carbocycles. The molecular weight excluding hydrogens is 272 g/mol. The van der Waals surface area contributed by atoms with Crippen LogP contribution in [-0.4, -0.2) is 10.5 Å². The van der Waals surface area contributed by atoms with Crippen LogP contribution in [0.4, 0.5) is 0 Å². The minimum atomic E-state index is -0.446. The standard InChI is InChI=1S/C16H13ClN2O/c1-19-13-8-7-11(17)9-12(13)14(15(19)16(18)20)10-5-3-2-4-6-10/h2-9H,1H3,(H2,18,20). The van der Waals surface area contributed by atoms with Crippen LogP contribution in [0.3, 0.4) is 0 Å². The third-order valence-electron chi connectivity index (χ3n) is 3.46. The van der Waals surface area contributed by atoms with Gasteiger partial charge in [0.25, 0.3) is 5.91 Å². The summed E-state index contributed by atoms with van der Waals surface area (Å²) < 4.78 is 1.82. The molecule has 1 heterocycles. The Morgan fingerprint density at radius 3 is 2.50 bits per heavy atom. The summed E-state index contributed by atoms with van der Waals surface area (Å²) in [6.07, 6.45) is 0. The highest BCUT2D eigenvalue weighted by atomic mass is 35.5. The second kappa shape index (κ2) is 4.69. The van der Waals surface area contributed by atoms with Gasteiger partial charge in [-0.05, 0) is 23.8 Å². The van der Waals surface area contributed by atoms with Crippen LogP contribution in [0.15, 0.2) is 48.5 Å². The van der Waals surface area contributed by atoms with Crippen molar-refractivity contribution in [1.29, 1.82) is 0 Å². The molecular formula is C16H13ClN2O. The number of nitrogens with two attached hydrogens (primary N) is 1. The van der Waals surface area contributed by atoms with E-state index < -0.39 is 5.91 Å². The van der Waals surface area contributed by atoms with Crippen molar-refractivity contribution in [2.45, 2.75) is 0 Å². The highest BCUT2D eigenvalue weighted by Crippen LogP contribution is 2.35. The Hall–Kier alpha value is -2.26. The van der Waals surface area contributed by atoms with Crippen LogP contribution in [0.1, 0.15) is 10.5 Å². The zero-order chi connectivity index (χ0) is 14.3. The number of rotatable bonds is 2.